The van der Waals surface area contributed by atoms with E-state index >= 15 is 0 Å². The van der Waals surface area contributed by atoms with Crippen molar-refractivity contribution in [3.05, 3.63) is 105 Å². The molecule has 1 heterocycles. The van der Waals surface area contributed by atoms with E-state index in [4.69, 9.17) is 27.9 Å². The maximum Gasteiger partial charge on any atom is 0.303 e. The third-order valence-corrected chi connectivity index (χ3v) is 11.5. The predicted octanol–water partition coefficient (Wildman–Crippen LogP) is 5.53. The SMILES string of the molecule is CC(=O)OC1(C(c2cc(F)cc(F)c2)S(C)(=O)=O)CN(C(c2ccc(Cl)cc2)c2ccc(Cl)cc2)C1(C)S(C)(=O)=O. The van der Waals surface area contributed by atoms with Crippen molar-refractivity contribution < 1.29 is 35.1 Å². The normalized spacial score (nSPS) is 22.3. The number of sulfone groups is 2. The van der Waals surface area contributed by atoms with Gasteiger partial charge in [0.2, 0.25) is 0 Å². The molecule has 7 nitrogen and oxygen atoms in total. The van der Waals surface area contributed by atoms with Gasteiger partial charge < -0.3 is 4.74 Å². The highest BCUT2D eigenvalue weighted by molar-refractivity contribution is 7.92. The molecule has 220 valence electrons. The summed E-state index contributed by atoms with van der Waals surface area (Å²) in [6.07, 6.45) is 1.69. The molecule has 0 bridgehead atoms. The standard InChI is InChI=1S/C28H27Cl2F2NO6S2/c1-17(34)39-28(26(40(3,35)36)20-13-23(31)15-24(32)14-20)16-33(27(28,2)41(4,37)38)25(18-5-9-21(29)10-6-18)19-7-11-22(30)12-8-19/h5-15,25-26H,16H2,1-4H3. The molecule has 41 heavy (non-hydrogen) atoms. The van der Waals surface area contributed by atoms with Gasteiger partial charge in [0.05, 0.1) is 6.04 Å². The molecule has 0 saturated carbocycles. The number of carbonyl (C=O) groups is 1. The van der Waals surface area contributed by atoms with Crippen LogP contribution in [0.15, 0.2) is 66.7 Å². The van der Waals surface area contributed by atoms with Crippen LogP contribution in [-0.2, 0) is 29.2 Å². The van der Waals surface area contributed by atoms with E-state index in [1.165, 1.54) is 11.8 Å². The van der Waals surface area contributed by atoms with Crippen molar-refractivity contribution in [2.24, 2.45) is 0 Å². The second kappa shape index (κ2) is 10.9. The highest BCUT2D eigenvalue weighted by Crippen LogP contribution is 2.59. The first-order valence-electron chi connectivity index (χ1n) is 12.2. The molecule has 0 spiro atoms. The minimum absolute atomic E-state index is 0.393. The van der Waals surface area contributed by atoms with E-state index in [-0.39, 0.29) is 0 Å². The maximum absolute atomic E-state index is 14.4. The molecule has 0 N–H and O–H groups in total. The average Bonchev–Trinajstić information content (AvgIpc) is 2.83. The molecule has 0 radical (unpaired) electrons. The molecule has 1 fully saturated rings. The van der Waals surface area contributed by atoms with Gasteiger partial charge in [0.25, 0.3) is 0 Å². The van der Waals surface area contributed by atoms with Crippen LogP contribution in [0.5, 0.6) is 0 Å². The number of ether oxygens (including phenoxy) is 1. The van der Waals surface area contributed by atoms with E-state index in [9.17, 15) is 30.4 Å². The van der Waals surface area contributed by atoms with Crippen molar-refractivity contribution in [2.45, 2.75) is 35.6 Å². The van der Waals surface area contributed by atoms with E-state index in [2.05, 4.69) is 0 Å². The minimum Gasteiger partial charge on any atom is -0.453 e. The van der Waals surface area contributed by atoms with Gasteiger partial charge in [0, 0.05) is 42.1 Å². The van der Waals surface area contributed by atoms with Crippen molar-refractivity contribution >= 4 is 48.8 Å². The summed E-state index contributed by atoms with van der Waals surface area (Å²) < 4.78 is 88.9. The van der Waals surface area contributed by atoms with E-state index in [1.807, 2.05) is 0 Å². The largest absolute Gasteiger partial charge is 0.453 e. The minimum atomic E-state index is -4.37. The summed E-state index contributed by atoms with van der Waals surface area (Å²) in [6.45, 7) is 1.83. The number of likely N-dealkylation sites (tertiary alicyclic amines) is 1. The maximum atomic E-state index is 14.4. The monoisotopic (exact) mass is 645 g/mol. The lowest BCUT2D eigenvalue weighted by Gasteiger charge is -2.65. The quantitative estimate of drug-likeness (QED) is 0.297. The molecule has 3 aromatic carbocycles. The highest BCUT2D eigenvalue weighted by atomic mass is 35.5. The molecule has 4 rings (SSSR count). The Bertz CT molecular complexity index is 1640. The van der Waals surface area contributed by atoms with Gasteiger partial charge in [-0.1, -0.05) is 47.5 Å². The second-order valence-electron chi connectivity index (χ2n) is 10.3. The molecule has 0 amide bonds. The zero-order chi connectivity index (χ0) is 30.5. The number of hydrogen-bond acceptors (Lipinski definition) is 7. The van der Waals surface area contributed by atoms with Crippen LogP contribution in [-0.4, -0.2) is 57.2 Å². The fraction of sp³-hybridized carbons (Fsp3) is 0.321. The van der Waals surface area contributed by atoms with Crippen LogP contribution in [0.2, 0.25) is 10.0 Å². The van der Waals surface area contributed by atoms with E-state index in [0.717, 1.165) is 31.6 Å². The number of carbonyl (C=O) groups excluding carboxylic acids is 1. The van der Waals surface area contributed by atoms with Crippen molar-refractivity contribution in [1.29, 1.82) is 0 Å². The third-order valence-electron chi connectivity index (χ3n) is 7.51. The molecule has 3 atom stereocenters. The Kier molecular flexibility index (Phi) is 8.36. The molecule has 1 saturated heterocycles. The van der Waals surface area contributed by atoms with Gasteiger partial charge in [-0.15, -0.1) is 0 Å². The Morgan fingerprint density at radius 1 is 0.854 bits per heavy atom. The topological polar surface area (TPSA) is 97.8 Å². The van der Waals surface area contributed by atoms with Crippen LogP contribution < -0.4 is 0 Å². The summed E-state index contributed by atoms with van der Waals surface area (Å²) in [5.74, 6) is -3.13. The van der Waals surface area contributed by atoms with Crippen LogP contribution in [0.1, 0.15) is 41.8 Å². The van der Waals surface area contributed by atoms with Gasteiger partial charge in [-0.05, 0) is 60.0 Å². The van der Waals surface area contributed by atoms with Crippen LogP contribution in [0.3, 0.4) is 0 Å². The number of hydrogen-bond donors (Lipinski definition) is 0. The summed E-state index contributed by atoms with van der Waals surface area (Å²) >= 11 is 12.2. The molecular formula is C28H27Cl2F2NO6S2. The van der Waals surface area contributed by atoms with Crippen LogP contribution in [0, 0.1) is 11.6 Å². The average molecular weight is 647 g/mol. The number of rotatable bonds is 8. The van der Waals surface area contributed by atoms with Gasteiger partial charge in [-0.25, -0.2) is 25.6 Å². The lowest BCUT2D eigenvalue weighted by Crippen LogP contribution is -2.83. The highest BCUT2D eigenvalue weighted by Gasteiger charge is 2.76. The van der Waals surface area contributed by atoms with Gasteiger partial charge in [0.1, 0.15) is 16.9 Å². The van der Waals surface area contributed by atoms with Gasteiger partial charge >= 0.3 is 5.97 Å². The van der Waals surface area contributed by atoms with Gasteiger partial charge in [0.15, 0.2) is 30.1 Å². The fourth-order valence-corrected chi connectivity index (χ4v) is 9.21. The van der Waals surface area contributed by atoms with Crippen molar-refractivity contribution in [2.75, 3.05) is 19.1 Å². The second-order valence-corrected chi connectivity index (χ2v) is 15.6. The zero-order valence-electron chi connectivity index (χ0n) is 22.4. The Hall–Kier alpha value is -2.57. The lowest BCUT2D eigenvalue weighted by atomic mass is 9.75. The Morgan fingerprint density at radius 2 is 1.29 bits per heavy atom. The summed E-state index contributed by atoms with van der Waals surface area (Å²) in [5, 5.41) is -1.09. The molecular weight excluding hydrogens is 619 g/mol. The Labute approximate surface area is 247 Å². The molecule has 0 aliphatic carbocycles. The van der Waals surface area contributed by atoms with Crippen LogP contribution >= 0.6 is 23.2 Å². The van der Waals surface area contributed by atoms with Crippen molar-refractivity contribution in [3.8, 4) is 0 Å². The lowest BCUT2D eigenvalue weighted by molar-refractivity contribution is -0.214. The third kappa shape index (κ3) is 5.62. The van der Waals surface area contributed by atoms with Crippen molar-refractivity contribution in [3.63, 3.8) is 0 Å². The smallest absolute Gasteiger partial charge is 0.303 e. The van der Waals surface area contributed by atoms with Gasteiger partial charge in [-0.2, -0.15) is 0 Å². The van der Waals surface area contributed by atoms with Gasteiger partial charge in [-0.3, -0.25) is 9.69 Å². The molecule has 3 unspecified atom stereocenters. The van der Waals surface area contributed by atoms with Crippen molar-refractivity contribution in [1.82, 2.24) is 4.90 Å². The Morgan fingerprint density at radius 3 is 1.66 bits per heavy atom. The van der Waals surface area contributed by atoms with E-state index in [1.54, 1.807) is 48.5 Å². The molecule has 1 aliphatic rings. The number of benzene rings is 3. The zero-order valence-corrected chi connectivity index (χ0v) is 25.6. The summed E-state index contributed by atoms with van der Waals surface area (Å²) in [5.41, 5.74) is -1.51. The fourth-order valence-electron chi connectivity index (χ4n) is 5.76. The van der Waals surface area contributed by atoms with E-state index < -0.39 is 71.2 Å². The molecule has 3 aromatic rings. The summed E-state index contributed by atoms with van der Waals surface area (Å²) in [6, 6.07) is 14.5. The summed E-state index contributed by atoms with van der Waals surface area (Å²) in [4.78, 5) is 11.8. The van der Waals surface area contributed by atoms with Crippen LogP contribution in [0.4, 0.5) is 8.78 Å². The first-order valence-corrected chi connectivity index (χ1v) is 16.8. The van der Waals surface area contributed by atoms with E-state index in [0.29, 0.717) is 27.2 Å². The first-order chi connectivity index (χ1) is 18.9. The Balaban J connectivity index is 2.04. The molecule has 13 heteroatoms. The molecule has 1 aliphatic heterocycles. The summed E-state index contributed by atoms with van der Waals surface area (Å²) in [7, 11) is -8.71. The number of nitrogens with zero attached hydrogens (tertiary/aromatic N) is 1. The number of halogens is 4. The predicted molar refractivity (Wildman–Crippen MR) is 153 cm³/mol. The van der Waals surface area contributed by atoms with Crippen LogP contribution in [0.25, 0.3) is 0 Å². The number of esters is 1. The molecule has 0 aromatic heterocycles. The first kappa shape index (κ1) is 31.4.